The van der Waals surface area contributed by atoms with E-state index in [1.54, 1.807) is 0 Å². The monoisotopic (exact) mass is 171 g/mol. The quantitative estimate of drug-likeness (QED) is 0.405. The summed E-state index contributed by atoms with van der Waals surface area (Å²) in [6.07, 6.45) is 2.63. The smallest absolute Gasteiger partial charge is 0.418 e. The predicted octanol–water partition coefficient (Wildman–Crippen LogP) is 0.622. The summed E-state index contributed by atoms with van der Waals surface area (Å²) in [7, 11) is -6.00. The number of halogens is 4. The molecule has 0 saturated heterocycles. The van der Waals surface area contributed by atoms with Crippen molar-refractivity contribution in [2.24, 2.45) is 0 Å². The second-order valence-electron chi connectivity index (χ2n) is 2.31. The summed E-state index contributed by atoms with van der Waals surface area (Å²) < 4.78 is 39.0. The number of nitrogens with one attached hydrogen (secondary N) is 1. The largest absolute Gasteiger partial charge is 0.673 e. The molecule has 0 radical (unpaired) electrons. The van der Waals surface area contributed by atoms with E-state index < -0.39 is 7.25 Å². The van der Waals surface area contributed by atoms with Crippen molar-refractivity contribution in [3.8, 4) is 0 Å². The van der Waals surface area contributed by atoms with Gasteiger partial charge in [0.15, 0.2) is 0 Å². The molecule has 1 rings (SSSR count). The molecular weight excluding hydrogens is 161 g/mol. The van der Waals surface area contributed by atoms with Crippen molar-refractivity contribution in [3.63, 3.8) is 0 Å². The highest BCUT2D eigenvalue weighted by molar-refractivity contribution is 6.50. The predicted molar refractivity (Wildman–Crippen MR) is 35.9 cm³/mol. The molecule has 0 atom stereocenters. The molecule has 0 saturated carbocycles. The van der Waals surface area contributed by atoms with Crippen molar-refractivity contribution in [1.29, 1.82) is 0 Å². The van der Waals surface area contributed by atoms with Gasteiger partial charge in [-0.1, -0.05) is 0 Å². The van der Waals surface area contributed by atoms with Gasteiger partial charge in [-0.3, -0.25) is 0 Å². The molecule has 1 aliphatic rings. The molecule has 0 amide bonds. The van der Waals surface area contributed by atoms with Crippen LogP contribution < -0.4 is 4.99 Å². The minimum atomic E-state index is -6.00. The summed E-state index contributed by atoms with van der Waals surface area (Å²) in [6.45, 7) is 3.35. The van der Waals surface area contributed by atoms with Gasteiger partial charge in [0, 0.05) is 19.8 Å². The molecule has 0 aromatic heterocycles. The first-order valence-corrected chi connectivity index (χ1v) is 3.33. The third-order valence-corrected chi connectivity index (χ3v) is 1.16. The lowest BCUT2D eigenvalue weighted by molar-refractivity contribution is -0.447. The van der Waals surface area contributed by atoms with Crippen LogP contribution in [0.5, 0.6) is 0 Å². The Morgan fingerprint density at radius 2 is 1.73 bits per heavy atom. The van der Waals surface area contributed by atoms with E-state index in [4.69, 9.17) is 0 Å². The highest BCUT2D eigenvalue weighted by atomic mass is 19.5. The molecule has 1 nitrogen and oxygen atoms in total. The van der Waals surface area contributed by atoms with E-state index in [0.717, 1.165) is 0 Å². The third-order valence-electron chi connectivity index (χ3n) is 1.16. The standard InChI is InChI=1S/C5H9N.BF4/c1-5-3-2-4-6-5;2-1(3,4)5/h2-4H2,1H3;/q;-1/p+1. The van der Waals surface area contributed by atoms with Gasteiger partial charge >= 0.3 is 7.25 Å². The normalized spacial score (nSPS) is 17.0. The molecule has 0 aromatic carbocycles. The Morgan fingerprint density at radius 3 is 1.82 bits per heavy atom. The molecule has 0 aliphatic carbocycles. The zero-order valence-electron chi connectivity index (χ0n) is 6.21. The Labute approximate surface area is 62.6 Å². The summed E-state index contributed by atoms with van der Waals surface area (Å²) in [5.74, 6) is 0. The van der Waals surface area contributed by atoms with Gasteiger partial charge in [-0.15, -0.1) is 0 Å². The Balaban J connectivity index is 0.000000187. The molecule has 0 aromatic rings. The highest BCUT2D eigenvalue weighted by Crippen LogP contribution is 2.06. The average molecular weight is 171 g/mol. The minimum absolute atomic E-state index is 1.20. The van der Waals surface area contributed by atoms with E-state index in [-0.39, 0.29) is 0 Å². The summed E-state index contributed by atoms with van der Waals surface area (Å²) in [5, 5.41) is 0. The molecule has 1 aliphatic heterocycles. The fourth-order valence-electron chi connectivity index (χ4n) is 0.744. The first-order chi connectivity index (χ1) is 4.89. The van der Waals surface area contributed by atoms with Crippen LogP contribution in [0.1, 0.15) is 19.8 Å². The van der Waals surface area contributed by atoms with Crippen LogP contribution in [0.4, 0.5) is 17.3 Å². The molecule has 0 unspecified atom stereocenters. The molecule has 0 spiro atoms. The van der Waals surface area contributed by atoms with Gasteiger partial charge < -0.3 is 17.3 Å². The molecule has 1 N–H and O–H groups in total. The van der Waals surface area contributed by atoms with Crippen LogP contribution in [0.2, 0.25) is 0 Å². The molecule has 0 bridgehead atoms. The zero-order valence-corrected chi connectivity index (χ0v) is 6.21. The molecule has 66 valence electrons. The van der Waals surface area contributed by atoms with Crippen molar-refractivity contribution < 1.29 is 22.3 Å². The Kier molecular flexibility index (Phi) is 4.14. The van der Waals surface area contributed by atoms with Crippen LogP contribution in [0, 0.1) is 0 Å². The van der Waals surface area contributed by atoms with E-state index >= 15 is 0 Å². The maximum Gasteiger partial charge on any atom is 0.673 e. The van der Waals surface area contributed by atoms with Crippen molar-refractivity contribution in [2.75, 3.05) is 6.54 Å². The highest BCUT2D eigenvalue weighted by Gasteiger charge is 2.20. The lowest BCUT2D eigenvalue weighted by Crippen LogP contribution is -2.68. The lowest BCUT2D eigenvalue weighted by atomic mass is 10.3. The van der Waals surface area contributed by atoms with Gasteiger partial charge in [0.25, 0.3) is 0 Å². The van der Waals surface area contributed by atoms with E-state index in [2.05, 4.69) is 11.9 Å². The van der Waals surface area contributed by atoms with E-state index in [9.17, 15) is 17.3 Å². The van der Waals surface area contributed by atoms with Crippen LogP contribution >= 0.6 is 0 Å². The zero-order chi connectivity index (χ0) is 8.91. The van der Waals surface area contributed by atoms with Crippen molar-refractivity contribution in [1.82, 2.24) is 0 Å². The van der Waals surface area contributed by atoms with Crippen LogP contribution in [0.3, 0.4) is 0 Å². The van der Waals surface area contributed by atoms with Gasteiger partial charge in [-0.2, -0.15) is 0 Å². The minimum Gasteiger partial charge on any atom is -0.418 e. The molecule has 1 heterocycles. The van der Waals surface area contributed by atoms with E-state index in [0.29, 0.717) is 0 Å². The Bertz CT molecular complexity index is 136. The number of hydrogen-bond donors (Lipinski definition) is 1. The SMILES string of the molecule is CC1=[NH+]CCC1.F[B-](F)(F)F. The van der Waals surface area contributed by atoms with E-state index in [1.807, 2.05) is 0 Å². The summed E-state index contributed by atoms with van der Waals surface area (Å²) in [4.78, 5) is 3.24. The average Bonchev–Trinajstić information content (AvgIpc) is 2.12. The third kappa shape index (κ3) is 12.6. The van der Waals surface area contributed by atoms with Crippen LogP contribution in [0.25, 0.3) is 0 Å². The van der Waals surface area contributed by atoms with Gasteiger partial charge in [0.1, 0.15) is 12.3 Å². The second kappa shape index (κ2) is 4.36. The van der Waals surface area contributed by atoms with Gasteiger partial charge in [0.05, 0.1) is 0 Å². The van der Waals surface area contributed by atoms with Crippen LogP contribution in [0.15, 0.2) is 0 Å². The fourth-order valence-corrected chi connectivity index (χ4v) is 0.744. The topological polar surface area (TPSA) is 14.0 Å². The van der Waals surface area contributed by atoms with Gasteiger partial charge in [0.2, 0.25) is 0 Å². The van der Waals surface area contributed by atoms with Crippen molar-refractivity contribution in [2.45, 2.75) is 19.8 Å². The first-order valence-electron chi connectivity index (χ1n) is 3.33. The fraction of sp³-hybridized carbons (Fsp3) is 0.800. The summed E-state index contributed by atoms with van der Waals surface area (Å²) >= 11 is 0. The number of hydrogen-bond acceptors (Lipinski definition) is 0. The van der Waals surface area contributed by atoms with Crippen molar-refractivity contribution >= 4 is 13.0 Å². The maximum atomic E-state index is 9.75. The molecule has 0 fully saturated rings. The van der Waals surface area contributed by atoms with Crippen LogP contribution in [-0.2, 0) is 0 Å². The number of rotatable bonds is 0. The summed E-state index contributed by atoms with van der Waals surface area (Å²) in [6, 6.07) is 0. The van der Waals surface area contributed by atoms with Crippen molar-refractivity contribution in [3.05, 3.63) is 0 Å². The van der Waals surface area contributed by atoms with E-state index in [1.165, 1.54) is 25.1 Å². The lowest BCUT2D eigenvalue weighted by Gasteiger charge is -1.94. The molecule has 11 heavy (non-hydrogen) atoms. The van der Waals surface area contributed by atoms with Gasteiger partial charge in [-0.25, -0.2) is 4.99 Å². The van der Waals surface area contributed by atoms with Gasteiger partial charge in [-0.05, 0) is 0 Å². The first kappa shape index (κ1) is 10.5. The Morgan fingerprint density at radius 1 is 1.27 bits per heavy atom. The second-order valence-corrected chi connectivity index (χ2v) is 2.31. The molecule has 6 heteroatoms. The van der Waals surface area contributed by atoms with Crippen LogP contribution in [-0.4, -0.2) is 19.5 Å². The maximum absolute atomic E-state index is 9.75. The summed E-state index contributed by atoms with van der Waals surface area (Å²) in [5.41, 5.74) is 1.45. The Hall–Kier alpha value is -0.545. The molecular formula is C5H10BF4N.